The minimum atomic E-state index is 0.660. The average Bonchev–Trinajstić information content (AvgIpc) is 1.72. The highest BCUT2D eigenvalue weighted by atomic mass is 15.3. The molecule has 0 fully saturated rings. The summed E-state index contributed by atoms with van der Waals surface area (Å²) in [6, 6.07) is 0. The van der Waals surface area contributed by atoms with Gasteiger partial charge in [-0.15, -0.1) is 0 Å². The minimum absolute atomic E-state index is 0.660. The van der Waals surface area contributed by atoms with Crippen molar-refractivity contribution in [1.29, 1.82) is 0 Å². The van der Waals surface area contributed by atoms with E-state index in [1.165, 1.54) is 0 Å². The number of nitrogens with one attached hydrogen (secondary N) is 2. The summed E-state index contributed by atoms with van der Waals surface area (Å²) < 4.78 is 0. The van der Waals surface area contributed by atoms with E-state index in [0.29, 0.717) is 6.54 Å². The number of nitrogens with zero attached hydrogens (tertiary/aromatic N) is 1. The standard InChI is InChI=1S/C3H4N3/c1-2-5-6-3-4-1/h5H,2H2,(H,4,6). The molecule has 1 rings (SSSR count). The molecule has 0 amide bonds. The quantitative estimate of drug-likeness (QED) is 0.395. The summed E-state index contributed by atoms with van der Waals surface area (Å²) in [5.74, 6) is 0. The summed E-state index contributed by atoms with van der Waals surface area (Å²) in [6.45, 7) is 3.38. The van der Waals surface area contributed by atoms with Gasteiger partial charge in [0.2, 0.25) is 0 Å². The molecule has 31 valence electrons. The molecule has 1 aliphatic rings. The molecule has 0 saturated carbocycles. The molecule has 0 saturated heterocycles. The molecule has 1 heterocycles. The Bertz CT molecular complexity index is 51.1. The van der Waals surface area contributed by atoms with Crippen LogP contribution in [0.15, 0.2) is 5.10 Å². The lowest BCUT2D eigenvalue weighted by Gasteiger charge is -2.01. The van der Waals surface area contributed by atoms with E-state index < -0.39 is 0 Å². The Labute approximate surface area is 36.4 Å². The zero-order valence-corrected chi connectivity index (χ0v) is 3.15. The minimum Gasteiger partial charge on any atom is -0.353 e. The first kappa shape index (κ1) is 3.46. The van der Waals surface area contributed by atoms with Crippen LogP contribution in [-0.4, -0.2) is 12.9 Å². The third kappa shape index (κ3) is 0.607. The van der Waals surface area contributed by atoms with Crippen LogP contribution >= 0.6 is 0 Å². The summed E-state index contributed by atoms with van der Waals surface area (Å²) >= 11 is 0. The normalized spacial score (nSPS) is 18.7. The maximum atomic E-state index is 3.50. The molecule has 0 bridgehead atoms. The second-order valence-corrected chi connectivity index (χ2v) is 0.860. The van der Waals surface area contributed by atoms with Crippen LogP contribution < -0.4 is 10.7 Å². The lowest BCUT2D eigenvalue weighted by Crippen LogP contribution is -2.24. The van der Waals surface area contributed by atoms with E-state index >= 15 is 0 Å². The topological polar surface area (TPSA) is 36.4 Å². The van der Waals surface area contributed by atoms with Crippen LogP contribution in [-0.2, 0) is 0 Å². The van der Waals surface area contributed by atoms with Crippen molar-refractivity contribution in [3.8, 4) is 0 Å². The Morgan fingerprint density at radius 1 is 1.67 bits per heavy atom. The molecule has 0 atom stereocenters. The molecule has 0 aromatic carbocycles. The molecule has 6 heavy (non-hydrogen) atoms. The van der Waals surface area contributed by atoms with Crippen LogP contribution in [0, 0.1) is 6.54 Å². The maximum Gasteiger partial charge on any atom is 0.191 e. The predicted molar refractivity (Wildman–Crippen MR) is 21.8 cm³/mol. The van der Waals surface area contributed by atoms with E-state index in [-0.39, 0.29) is 0 Å². The zero-order valence-electron chi connectivity index (χ0n) is 3.15. The first-order valence-electron chi connectivity index (χ1n) is 1.65. The third-order valence-corrected chi connectivity index (χ3v) is 0.447. The predicted octanol–water partition coefficient (Wildman–Crippen LogP) is -0.962. The summed E-state index contributed by atoms with van der Waals surface area (Å²) in [5, 5.41) is 6.06. The Hall–Kier alpha value is -0.730. The molecule has 0 aromatic rings. The lowest BCUT2D eigenvalue weighted by molar-refractivity contribution is 0.739. The van der Waals surface area contributed by atoms with Crippen LogP contribution in [0.5, 0.6) is 0 Å². The first-order chi connectivity index (χ1) is 3.00. The van der Waals surface area contributed by atoms with Gasteiger partial charge in [0.15, 0.2) is 6.34 Å². The third-order valence-electron chi connectivity index (χ3n) is 0.447. The van der Waals surface area contributed by atoms with E-state index in [1.54, 1.807) is 0 Å². The Morgan fingerprint density at radius 3 is 2.83 bits per heavy atom. The highest BCUT2D eigenvalue weighted by Crippen LogP contribution is 1.68. The largest absolute Gasteiger partial charge is 0.353 e. The second-order valence-electron chi connectivity index (χ2n) is 0.860. The van der Waals surface area contributed by atoms with Gasteiger partial charge >= 0.3 is 0 Å². The van der Waals surface area contributed by atoms with Crippen molar-refractivity contribution < 1.29 is 0 Å². The average molecular weight is 82.1 g/mol. The fourth-order valence-corrected chi connectivity index (χ4v) is 0.230. The summed E-state index contributed by atoms with van der Waals surface area (Å²) in [4.78, 5) is 0. The SMILES string of the molecule is [C]1CNN=[C]N1. The second kappa shape index (κ2) is 1.64. The van der Waals surface area contributed by atoms with E-state index in [0.717, 1.165) is 0 Å². The molecule has 3 nitrogen and oxygen atoms in total. The maximum absolute atomic E-state index is 3.50. The molecule has 0 unspecified atom stereocenters. The molecule has 0 aromatic heterocycles. The van der Waals surface area contributed by atoms with E-state index in [4.69, 9.17) is 0 Å². The molecule has 3 heteroatoms. The van der Waals surface area contributed by atoms with Crippen molar-refractivity contribution >= 4 is 6.34 Å². The molecular formula is C3H4N3. The van der Waals surface area contributed by atoms with Gasteiger partial charge in [-0.05, 0) is 0 Å². The van der Waals surface area contributed by atoms with Gasteiger partial charge < -0.3 is 10.7 Å². The Morgan fingerprint density at radius 2 is 2.67 bits per heavy atom. The smallest absolute Gasteiger partial charge is 0.191 e. The van der Waals surface area contributed by atoms with E-state index in [1.807, 2.05) is 0 Å². The van der Waals surface area contributed by atoms with Crippen molar-refractivity contribution in [1.82, 2.24) is 10.7 Å². The molecule has 3 radical (unpaired) electrons. The van der Waals surface area contributed by atoms with Crippen LogP contribution in [0.25, 0.3) is 0 Å². The summed E-state index contributed by atoms with van der Waals surface area (Å²) in [6.07, 6.45) is 2.44. The van der Waals surface area contributed by atoms with Gasteiger partial charge in [0, 0.05) is 0 Å². The fourth-order valence-electron chi connectivity index (χ4n) is 0.230. The van der Waals surface area contributed by atoms with Crippen LogP contribution in [0.1, 0.15) is 0 Å². The van der Waals surface area contributed by atoms with Gasteiger partial charge in [-0.1, -0.05) is 0 Å². The summed E-state index contributed by atoms with van der Waals surface area (Å²) in [5.41, 5.74) is 2.62. The highest BCUT2D eigenvalue weighted by molar-refractivity contribution is 5.55. The molecule has 1 aliphatic heterocycles. The molecular weight excluding hydrogens is 78.1 g/mol. The monoisotopic (exact) mass is 82.0 g/mol. The van der Waals surface area contributed by atoms with E-state index in [2.05, 4.69) is 28.7 Å². The lowest BCUT2D eigenvalue weighted by atomic mass is 10.6. The summed E-state index contributed by atoms with van der Waals surface area (Å²) in [7, 11) is 0. The number of hydrazone groups is 1. The Balaban J connectivity index is 2.26. The van der Waals surface area contributed by atoms with Crippen molar-refractivity contribution in [2.75, 3.05) is 6.54 Å². The van der Waals surface area contributed by atoms with Gasteiger partial charge in [-0.2, -0.15) is 5.10 Å². The fraction of sp³-hybridized carbons (Fsp3) is 0.333. The molecule has 0 aliphatic carbocycles. The van der Waals surface area contributed by atoms with Crippen molar-refractivity contribution in [2.45, 2.75) is 0 Å². The van der Waals surface area contributed by atoms with Crippen LogP contribution in [0.4, 0.5) is 0 Å². The zero-order chi connectivity index (χ0) is 4.24. The van der Waals surface area contributed by atoms with Gasteiger partial charge in [0.05, 0.1) is 6.54 Å². The van der Waals surface area contributed by atoms with Crippen molar-refractivity contribution in [2.24, 2.45) is 5.10 Å². The molecule has 0 spiro atoms. The number of hydrogen-bond acceptors (Lipinski definition) is 3. The van der Waals surface area contributed by atoms with Crippen molar-refractivity contribution in [3.05, 3.63) is 6.54 Å². The van der Waals surface area contributed by atoms with Crippen LogP contribution in [0.3, 0.4) is 0 Å². The Kier molecular flexibility index (Phi) is 0.948. The number of rotatable bonds is 0. The van der Waals surface area contributed by atoms with Gasteiger partial charge in [0.25, 0.3) is 0 Å². The van der Waals surface area contributed by atoms with E-state index in [9.17, 15) is 0 Å². The van der Waals surface area contributed by atoms with Gasteiger partial charge in [-0.25, -0.2) is 0 Å². The van der Waals surface area contributed by atoms with Gasteiger partial charge in [0.1, 0.15) is 6.54 Å². The van der Waals surface area contributed by atoms with Crippen LogP contribution in [0.2, 0.25) is 0 Å². The first-order valence-corrected chi connectivity index (χ1v) is 1.65. The molecule has 2 N–H and O–H groups in total. The van der Waals surface area contributed by atoms with Crippen molar-refractivity contribution in [3.63, 3.8) is 0 Å². The van der Waals surface area contributed by atoms with Gasteiger partial charge in [-0.3, -0.25) is 0 Å². The number of hydrogen-bond donors (Lipinski definition) is 2. The highest BCUT2D eigenvalue weighted by Gasteiger charge is 1.86.